The van der Waals surface area contributed by atoms with Crippen LogP contribution in [0.25, 0.3) is 0 Å². The van der Waals surface area contributed by atoms with E-state index in [-0.39, 0.29) is 24.2 Å². The Kier molecular flexibility index (Phi) is 7.95. The number of carbonyl (C=O) groups is 2. The second-order valence-corrected chi connectivity index (χ2v) is 4.68. The summed E-state index contributed by atoms with van der Waals surface area (Å²) in [6.07, 6.45) is 4.64. The van der Waals surface area contributed by atoms with Crippen molar-refractivity contribution in [2.75, 3.05) is 20.1 Å². The van der Waals surface area contributed by atoms with E-state index in [4.69, 9.17) is 0 Å². The summed E-state index contributed by atoms with van der Waals surface area (Å²) in [4.78, 5) is 23.4. The lowest BCUT2D eigenvalue weighted by atomic mass is 9.80. The first kappa shape index (κ1) is 17.2. The van der Waals surface area contributed by atoms with Crippen molar-refractivity contribution in [3.05, 3.63) is 0 Å². The van der Waals surface area contributed by atoms with Gasteiger partial charge in [0, 0.05) is 20.0 Å². The Balaban J connectivity index is 0.00000289. The van der Waals surface area contributed by atoms with Gasteiger partial charge in [-0.3, -0.25) is 9.59 Å². The van der Waals surface area contributed by atoms with E-state index in [9.17, 15) is 9.59 Å². The topological polar surface area (TPSA) is 70.2 Å². The molecule has 106 valence electrons. The van der Waals surface area contributed by atoms with E-state index >= 15 is 0 Å². The van der Waals surface area contributed by atoms with Gasteiger partial charge in [0.05, 0.1) is 0 Å². The van der Waals surface area contributed by atoms with E-state index in [1.54, 1.807) is 0 Å². The fraction of sp³-hybridized carbons (Fsp3) is 0.833. The van der Waals surface area contributed by atoms with Gasteiger partial charge in [0.15, 0.2) is 0 Å². The standard InChI is InChI=1S/C12H23N3O2.ClH/c1-10(16)15-12(6-4-3-5-7-12)11(17)14-9-8-13-2;/h13H,3-9H2,1-2H3,(H,14,17)(H,15,16);1H. The molecule has 0 aliphatic heterocycles. The number of nitrogens with one attached hydrogen (secondary N) is 3. The Morgan fingerprint density at radius 2 is 1.72 bits per heavy atom. The van der Waals surface area contributed by atoms with E-state index in [0.29, 0.717) is 6.54 Å². The van der Waals surface area contributed by atoms with Gasteiger partial charge in [-0.05, 0) is 19.9 Å². The third kappa shape index (κ3) is 4.82. The summed E-state index contributed by atoms with van der Waals surface area (Å²) < 4.78 is 0. The Morgan fingerprint density at radius 3 is 2.22 bits per heavy atom. The minimum absolute atomic E-state index is 0. The highest BCUT2D eigenvalue weighted by atomic mass is 35.5. The van der Waals surface area contributed by atoms with Crippen LogP contribution in [0.1, 0.15) is 39.0 Å². The molecule has 3 N–H and O–H groups in total. The van der Waals surface area contributed by atoms with Gasteiger partial charge in [-0.2, -0.15) is 0 Å². The second kappa shape index (κ2) is 8.32. The first-order valence-electron chi connectivity index (χ1n) is 6.32. The Hall–Kier alpha value is -0.810. The molecule has 18 heavy (non-hydrogen) atoms. The fourth-order valence-corrected chi connectivity index (χ4v) is 2.37. The Morgan fingerprint density at radius 1 is 1.11 bits per heavy atom. The summed E-state index contributed by atoms with van der Waals surface area (Å²) in [7, 11) is 1.84. The number of halogens is 1. The summed E-state index contributed by atoms with van der Waals surface area (Å²) in [5.41, 5.74) is -0.669. The van der Waals surface area contributed by atoms with Gasteiger partial charge in [-0.15, -0.1) is 12.4 Å². The molecule has 0 spiro atoms. The van der Waals surface area contributed by atoms with Crippen molar-refractivity contribution in [3.63, 3.8) is 0 Å². The molecule has 2 amide bonds. The van der Waals surface area contributed by atoms with Crippen LogP contribution in [0.15, 0.2) is 0 Å². The van der Waals surface area contributed by atoms with Crippen LogP contribution in [0.2, 0.25) is 0 Å². The zero-order valence-electron chi connectivity index (χ0n) is 11.2. The van der Waals surface area contributed by atoms with Crippen molar-refractivity contribution >= 4 is 24.2 Å². The summed E-state index contributed by atoms with van der Waals surface area (Å²) in [6, 6.07) is 0. The van der Waals surface area contributed by atoms with Crippen molar-refractivity contribution in [1.29, 1.82) is 0 Å². The SMILES string of the molecule is CNCCNC(=O)C1(NC(C)=O)CCCCC1.Cl. The van der Waals surface area contributed by atoms with Crippen LogP contribution in [0, 0.1) is 0 Å². The second-order valence-electron chi connectivity index (χ2n) is 4.68. The van der Waals surface area contributed by atoms with Crippen molar-refractivity contribution < 1.29 is 9.59 Å². The third-order valence-corrected chi connectivity index (χ3v) is 3.22. The molecule has 1 aliphatic carbocycles. The lowest BCUT2D eigenvalue weighted by molar-refractivity contribution is -0.134. The maximum atomic E-state index is 12.2. The highest BCUT2D eigenvalue weighted by Gasteiger charge is 2.39. The van der Waals surface area contributed by atoms with Gasteiger partial charge in [0.1, 0.15) is 5.54 Å². The normalized spacial score (nSPS) is 17.4. The molecule has 0 saturated heterocycles. The van der Waals surface area contributed by atoms with Crippen molar-refractivity contribution in [2.45, 2.75) is 44.6 Å². The molecule has 0 radical (unpaired) electrons. The maximum Gasteiger partial charge on any atom is 0.245 e. The maximum absolute atomic E-state index is 12.2. The van der Waals surface area contributed by atoms with Crippen LogP contribution in [0.4, 0.5) is 0 Å². The van der Waals surface area contributed by atoms with E-state index in [0.717, 1.165) is 38.6 Å². The molecule has 0 aromatic rings. The molecule has 0 unspecified atom stereocenters. The molecule has 1 fully saturated rings. The van der Waals surface area contributed by atoms with E-state index in [1.165, 1.54) is 6.92 Å². The molecule has 0 heterocycles. The predicted molar refractivity (Wildman–Crippen MR) is 73.8 cm³/mol. The van der Waals surface area contributed by atoms with Crippen LogP contribution in [-0.2, 0) is 9.59 Å². The number of hydrogen-bond acceptors (Lipinski definition) is 3. The van der Waals surface area contributed by atoms with Crippen LogP contribution in [-0.4, -0.2) is 37.5 Å². The number of likely N-dealkylation sites (N-methyl/N-ethyl adjacent to an activating group) is 1. The van der Waals surface area contributed by atoms with Gasteiger partial charge in [0.25, 0.3) is 0 Å². The van der Waals surface area contributed by atoms with Gasteiger partial charge < -0.3 is 16.0 Å². The molecule has 1 aliphatic rings. The van der Waals surface area contributed by atoms with Gasteiger partial charge >= 0.3 is 0 Å². The number of rotatable bonds is 5. The lowest BCUT2D eigenvalue weighted by Gasteiger charge is -2.36. The average Bonchev–Trinajstić information content (AvgIpc) is 2.29. The van der Waals surface area contributed by atoms with Crippen LogP contribution < -0.4 is 16.0 Å². The summed E-state index contributed by atoms with van der Waals surface area (Å²) in [6.45, 7) is 2.80. The van der Waals surface area contributed by atoms with Gasteiger partial charge in [-0.25, -0.2) is 0 Å². The third-order valence-electron chi connectivity index (χ3n) is 3.22. The molecule has 0 aromatic carbocycles. The quantitative estimate of drug-likeness (QED) is 0.644. The Bertz CT molecular complexity index is 278. The molecule has 0 aromatic heterocycles. The molecule has 1 saturated carbocycles. The summed E-state index contributed by atoms with van der Waals surface area (Å²) in [5.74, 6) is -0.168. The molecule has 5 nitrogen and oxygen atoms in total. The monoisotopic (exact) mass is 277 g/mol. The predicted octanol–water partition coefficient (Wildman–Crippen LogP) is 0.583. The molecule has 0 atom stereocenters. The van der Waals surface area contributed by atoms with Crippen LogP contribution >= 0.6 is 12.4 Å². The highest BCUT2D eigenvalue weighted by molar-refractivity contribution is 5.91. The zero-order chi connectivity index (χ0) is 12.7. The molecule has 0 bridgehead atoms. The number of hydrogen-bond donors (Lipinski definition) is 3. The Labute approximate surface area is 115 Å². The largest absolute Gasteiger partial charge is 0.353 e. The highest BCUT2D eigenvalue weighted by Crippen LogP contribution is 2.28. The minimum atomic E-state index is -0.669. The van der Waals surface area contributed by atoms with E-state index in [2.05, 4.69) is 16.0 Å². The van der Waals surface area contributed by atoms with Gasteiger partial charge in [-0.1, -0.05) is 19.3 Å². The first-order chi connectivity index (χ1) is 8.10. The zero-order valence-corrected chi connectivity index (χ0v) is 12.0. The van der Waals surface area contributed by atoms with Crippen molar-refractivity contribution in [1.82, 2.24) is 16.0 Å². The van der Waals surface area contributed by atoms with Crippen molar-refractivity contribution in [2.24, 2.45) is 0 Å². The van der Waals surface area contributed by atoms with Crippen LogP contribution in [0.3, 0.4) is 0 Å². The number of amides is 2. The average molecular weight is 278 g/mol. The van der Waals surface area contributed by atoms with Crippen molar-refractivity contribution in [3.8, 4) is 0 Å². The molecule has 6 heteroatoms. The lowest BCUT2D eigenvalue weighted by Crippen LogP contribution is -2.59. The fourth-order valence-electron chi connectivity index (χ4n) is 2.37. The number of carbonyl (C=O) groups excluding carboxylic acids is 2. The summed E-state index contributed by atoms with van der Waals surface area (Å²) >= 11 is 0. The molecular formula is C12H24ClN3O2. The van der Waals surface area contributed by atoms with E-state index in [1.807, 2.05) is 7.05 Å². The molecular weight excluding hydrogens is 254 g/mol. The van der Waals surface area contributed by atoms with E-state index < -0.39 is 5.54 Å². The summed E-state index contributed by atoms with van der Waals surface area (Å²) in [5, 5.41) is 8.71. The smallest absolute Gasteiger partial charge is 0.245 e. The van der Waals surface area contributed by atoms with Crippen LogP contribution in [0.5, 0.6) is 0 Å². The first-order valence-corrected chi connectivity index (χ1v) is 6.32. The minimum Gasteiger partial charge on any atom is -0.353 e. The van der Waals surface area contributed by atoms with Gasteiger partial charge in [0.2, 0.25) is 11.8 Å². The molecule has 1 rings (SSSR count).